The van der Waals surface area contributed by atoms with Gasteiger partial charge in [-0.3, -0.25) is 4.79 Å². The predicted octanol–water partition coefficient (Wildman–Crippen LogP) is 0.643. The molecule has 4 aliphatic rings. The summed E-state index contributed by atoms with van der Waals surface area (Å²) in [5.74, 6) is 0.213. The molecular weight excluding hydrogens is 354 g/mol. The van der Waals surface area contributed by atoms with Crippen LogP contribution in [-0.4, -0.2) is 44.3 Å². The van der Waals surface area contributed by atoms with Gasteiger partial charge in [-0.1, -0.05) is 24.3 Å². The van der Waals surface area contributed by atoms with Crippen molar-refractivity contribution in [3.63, 3.8) is 0 Å². The molecule has 1 aromatic rings. The maximum absolute atomic E-state index is 13.2. The first-order chi connectivity index (χ1) is 13.7. The Morgan fingerprint density at radius 1 is 1.14 bits per heavy atom. The highest BCUT2D eigenvalue weighted by Gasteiger charge is 2.53. The van der Waals surface area contributed by atoms with E-state index in [2.05, 4.69) is 51.3 Å². The van der Waals surface area contributed by atoms with Gasteiger partial charge in [0.1, 0.15) is 0 Å². The van der Waals surface area contributed by atoms with E-state index in [4.69, 9.17) is 4.74 Å². The fraction of sp³-hybridized carbons (Fsp3) is 0.667. The van der Waals surface area contributed by atoms with Crippen LogP contribution in [0.1, 0.15) is 49.3 Å². The lowest BCUT2D eigenvalue weighted by Crippen LogP contribution is -2.50. The van der Waals surface area contributed by atoms with Crippen LogP contribution >= 0.6 is 0 Å². The number of benzene rings is 1. The number of piperidine rings is 1. The van der Waals surface area contributed by atoms with Crippen LogP contribution in [-0.2, 0) is 14.9 Å². The highest BCUT2D eigenvalue weighted by atomic mass is 16.5. The van der Waals surface area contributed by atoms with Crippen LogP contribution in [0.4, 0.5) is 0 Å². The summed E-state index contributed by atoms with van der Waals surface area (Å²) in [6.45, 7) is 1.98. The van der Waals surface area contributed by atoms with Gasteiger partial charge in [-0.05, 0) is 56.3 Å². The van der Waals surface area contributed by atoms with Gasteiger partial charge >= 0.3 is 0 Å². The van der Waals surface area contributed by atoms with Gasteiger partial charge in [0.25, 0.3) is 0 Å². The minimum absolute atomic E-state index is 0.00690. The maximum atomic E-state index is 13.2. The first-order valence-electron chi connectivity index (χ1n) is 10.6. The molecule has 2 saturated heterocycles. The first-order valence-corrected chi connectivity index (χ1v) is 10.6. The molecule has 0 aromatic heterocycles. The highest BCUT2D eigenvalue weighted by molar-refractivity contribution is 5.80. The Kier molecular flexibility index (Phi) is 4.88. The Bertz CT molecular complexity index is 735. The zero-order valence-electron chi connectivity index (χ0n) is 16.5. The average Bonchev–Trinajstić information content (AvgIpc) is 3.30. The van der Waals surface area contributed by atoms with Crippen molar-refractivity contribution in [1.29, 1.82) is 0 Å². The Morgan fingerprint density at radius 2 is 1.93 bits per heavy atom. The summed E-state index contributed by atoms with van der Waals surface area (Å²) in [5.41, 5.74) is 12.1. The Balaban J connectivity index is 1.39. The summed E-state index contributed by atoms with van der Waals surface area (Å²) < 4.78 is 6.08. The van der Waals surface area contributed by atoms with E-state index >= 15 is 0 Å². The van der Waals surface area contributed by atoms with Crippen molar-refractivity contribution in [1.82, 2.24) is 27.0 Å². The standard InChI is InChI=1S/C21H31N5O2/c1-28-19-18(23-20(27)13-6-7-16-17(12-13)25-26-24-16)14-4-2-3-5-15(14)21(19)8-10-22-11-9-21/h2-5,13,16-19,22,24-26H,6-12H2,1H3,(H,23,27)/t13?,16?,17?,18-,19+/m0/s1. The summed E-state index contributed by atoms with van der Waals surface area (Å²) >= 11 is 0. The third-order valence-corrected chi connectivity index (χ3v) is 7.46. The van der Waals surface area contributed by atoms with Gasteiger partial charge in [-0.25, -0.2) is 10.9 Å². The molecule has 5 rings (SSSR count). The number of rotatable bonds is 3. The normalized spacial score (nSPS) is 36.1. The van der Waals surface area contributed by atoms with Crippen LogP contribution in [0.5, 0.6) is 0 Å². The third kappa shape index (κ3) is 2.88. The fourth-order valence-corrected chi connectivity index (χ4v) is 6.04. The minimum atomic E-state index is -0.0719. The lowest BCUT2D eigenvalue weighted by molar-refractivity contribution is -0.128. The molecule has 1 spiro atoms. The molecule has 0 bridgehead atoms. The first kappa shape index (κ1) is 18.5. The molecule has 28 heavy (non-hydrogen) atoms. The van der Waals surface area contributed by atoms with E-state index in [9.17, 15) is 4.79 Å². The van der Waals surface area contributed by atoms with Crippen molar-refractivity contribution in [3.05, 3.63) is 35.4 Å². The summed E-state index contributed by atoms with van der Waals surface area (Å²) in [4.78, 5) is 13.2. The number of hydrazine groups is 2. The average molecular weight is 386 g/mol. The van der Waals surface area contributed by atoms with E-state index in [0.29, 0.717) is 12.1 Å². The van der Waals surface area contributed by atoms with Gasteiger partial charge in [-0.15, -0.1) is 0 Å². The van der Waals surface area contributed by atoms with Crippen molar-refractivity contribution in [2.24, 2.45) is 5.92 Å². The molecule has 7 heteroatoms. The quantitative estimate of drug-likeness (QED) is 0.525. The molecule has 2 heterocycles. The monoisotopic (exact) mass is 385 g/mol. The van der Waals surface area contributed by atoms with Gasteiger partial charge < -0.3 is 15.4 Å². The summed E-state index contributed by atoms with van der Waals surface area (Å²) in [6, 6.07) is 9.27. The minimum Gasteiger partial charge on any atom is -0.378 e. The summed E-state index contributed by atoms with van der Waals surface area (Å²) in [6.07, 6.45) is 4.86. The molecule has 3 fully saturated rings. The smallest absolute Gasteiger partial charge is 0.223 e. The largest absolute Gasteiger partial charge is 0.378 e. The number of ether oxygens (including phenoxy) is 1. The number of amides is 1. The molecule has 2 aliphatic carbocycles. The van der Waals surface area contributed by atoms with E-state index in [1.54, 1.807) is 7.11 Å². The summed E-state index contributed by atoms with van der Waals surface area (Å²) in [7, 11) is 1.80. The Hall–Kier alpha value is -1.51. The number of fused-ring (bicyclic) bond motifs is 3. The number of carbonyl (C=O) groups is 1. The van der Waals surface area contributed by atoms with Crippen molar-refractivity contribution >= 4 is 5.91 Å². The van der Waals surface area contributed by atoms with Crippen LogP contribution in [0.25, 0.3) is 0 Å². The molecule has 2 aliphatic heterocycles. The molecule has 3 unspecified atom stereocenters. The van der Waals surface area contributed by atoms with Crippen LogP contribution in [0.15, 0.2) is 24.3 Å². The number of nitrogens with one attached hydrogen (secondary N) is 5. The predicted molar refractivity (Wildman–Crippen MR) is 106 cm³/mol. The zero-order chi connectivity index (χ0) is 19.1. The molecule has 5 atom stereocenters. The second kappa shape index (κ2) is 7.39. The second-order valence-corrected chi connectivity index (χ2v) is 8.77. The van der Waals surface area contributed by atoms with E-state index in [1.165, 1.54) is 11.1 Å². The number of hydrogen-bond donors (Lipinski definition) is 5. The molecule has 1 aromatic carbocycles. The van der Waals surface area contributed by atoms with Crippen molar-refractivity contribution < 1.29 is 9.53 Å². The van der Waals surface area contributed by atoms with Gasteiger partial charge in [0.2, 0.25) is 5.91 Å². The van der Waals surface area contributed by atoms with Gasteiger partial charge in [0.15, 0.2) is 0 Å². The molecule has 5 N–H and O–H groups in total. The SMILES string of the molecule is CO[C@@H]1[C@@H](NC(=O)C2CCC3NNNC3C2)c2ccccc2C12CCNCC2. The van der Waals surface area contributed by atoms with E-state index in [-0.39, 0.29) is 29.4 Å². The number of carbonyl (C=O) groups excluding carboxylic acids is 1. The number of methoxy groups -OCH3 is 1. The lowest BCUT2D eigenvalue weighted by atomic mass is 9.72. The molecule has 7 nitrogen and oxygen atoms in total. The third-order valence-electron chi connectivity index (χ3n) is 7.46. The van der Waals surface area contributed by atoms with E-state index in [0.717, 1.165) is 45.2 Å². The highest BCUT2D eigenvalue weighted by Crippen LogP contribution is 2.51. The molecule has 152 valence electrons. The molecule has 1 amide bonds. The molecular formula is C21H31N5O2. The molecule has 0 radical (unpaired) electrons. The Labute approximate surface area is 166 Å². The number of hydrogen-bond acceptors (Lipinski definition) is 6. The van der Waals surface area contributed by atoms with E-state index < -0.39 is 0 Å². The zero-order valence-corrected chi connectivity index (χ0v) is 16.5. The summed E-state index contributed by atoms with van der Waals surface area (Å²) in [5, 5.41) is 6.88. The van der Waals surface area contributed by atoms with Crippen LogP contribution < -0.4 is 27.0 Å². The lowest BCUT2D eigenvalue weighted by Gasteiger charge is -2.41. The van der Waals surface area contributed by atoms with Crippen molar-refractivity contribution in [2.45, 2.75) is 61.7 Å². The van der Waals surface area contributed by atoms with Crippen molar-refractivity contribution in [2.75, 3.05) is 20.2 Å². The van der Waals surface area contributed by atoms with Gasteiger partial charge in [0, 0.05) is 30.5 Å². The Morgan fingerprint density at radius 3 is 2.75 bits per heavy atom. The van der Waals surface area contributed by atoms with Gasteiger partial charge in [-0.2, -0.15) is 5.53 Å². The van der Waals surface area contributed by atoms with Crippen molar-refractivity contribution in [3.8, 4) is 0 Å². The maximum Gasteiger partial charge on any atom is 0.223 e. The van der Waals surface area contributed by atoms with E-state index in [1.807, 2.05) is 0 Å². The van der Waals surface area contributed by atoms with Crippen LogP contribution in [0.3, 0.4) is 0 Å². The second-order valence-electron chi connectivity index (χ2n) is 8.77. The van der Waals surface area contributed by atoms with Gasteiger partial charge in [0.05, 0.1) is 12.1 Å². The van der Waals surface area contributed by atoms with Crippen LogP contribution in [0.2, 0.25) is 0 Å². The molecule has 1 saturated carbocycles. The van der Waals surface area contributed by atoms with Crippen LogP contribution in [0, 0.1) is 5.92 Å². The fourth-order valence-electron chi connectivity index (χ4n) is 6.04. The topological polar surface area (TPSA) is 86.5 Å².